The van der Waals surface area contributed by atoms with Crippen molar-refractivity contribution in [3.63, 3.8) is 0 Å². The van der Waals surface area contributed by atoms with Crippen molar-refractivity contribution in [3.8, 4) is 0 Å². The van der Waals surface area contributed by atoms with Gasteiger partial charge in [-0.3, -0.25) is 0 Å². The van der Waals surface area contributed by atoms with Gasteiger partial charge in [0.15, 0.2) is 0 Å². The molecule has 1 rings (SSSR count). The van der Waals surface area contributed by atoms with Crippen molar-refractivity contribution < 1.29 is 14.8 Å². The van der Waals surface area contributed by atoms with E-state index in [2.05, 4.69) is 5.32 Å². The fraction of sp³-hybridized carbons (Fsp3) is 0.333. The minimum Gasteiger partial charge on any atom is -0.423 e. The van der Waals surface area contributed by atoms with Gasteiger partial charge in [-0.05, 0) is 17.7 Å². The van der Waals surface area contributed by atoms with Crippen molar-refractivity contribution in [2.75, 3.05) is 7.11 Å². The number of ether oxygens (including phenoxy) is 1. The minimum atomic E-state index is -1.42. The summed E-state index contributed by atoms with van der Waals surface area (Å²) in [6, 6.07) is 0. The standard InChI is InChI=1S/C6H10BNO3/c1-11-6-3-2-5(4-8-6)7(9)10/h2-4,6,8-10H,1H3/t6-/m1/s1. The highest BCUT2D eigenvalue weighted by atomic mass is 16.5. The van der Waals surface area contributed by atoms with Crippen LogP contribution in [0.4, 0.5) is 0 Å². The van der Waals surface area contributed by atoms with Gasteiger partial charge in [-0.15, -0.1) is 0 Å². The molecule has 0 radical (unpaired) electrons. The molecule has 0 saturated carbocycles. The number of hydrogen-bond acceptors (Lipinski definition) is 4. The van der Waals surface area contributed by atoms with E-state index >= 15 is 0 Å². The van der Waals surface area contributed by atoms with Gasteiger partial charge < -0.3 is 20.1 Å². The van der Waals surface area contributed by atoms with E-state index in [-0.39, 0.29) is 6.23 Å². The van der Waals surface area contributed by atoms with Crippen molar-refractivity contribution >= 4 is 7.12 Å². The molecule has 0 aliphatic carbocycles. The fourth-order valence-corrected chi connectivity index (χ4v) is 0.788. The number of allylic oxidation sites excluding steroid dienone is 2. The molecule has 60 valence electrons. The summed E-state index contributed by atoms with van der Waals surface area (Å²) in [4.78, 5) is 0. The third kappa shape index (κ3) is 2.08. The Morgan fingerprint density at radius 3 is 2.73 bits per heavy atom. The van der Waals surface area contributed by atoms with Crippen LogP contribution in [0.15, 0.2) is 23.8 Å². The molecule has 0 bridgehead atoms. The van der Waals surface area contributed by atoms with Crippen molar-refractivity contribution in [3.05, 3.63) is 23.8 Å². The van der Waals surface area contributed by atoms with Crippen LogP contribution in [-0.2, 0) is 4.74 Å². The number of nitrogens with one attached hydrogen (secondary N) is 1. The Bertz CT molecular complexity index is 190. The van der Waals surface area contributed by atoms with Crippen LogP contribution >= 0.6 is 0 Å². The Kier molecular flexibility index (Phi) is 2.70. The molecule has 1 aliphatic heterocycles. The van der Waals surface area contributed by atoms with Gasteiger partial charge in [-0.1, -0.05) is 6.08 Å². The molecule has 1 heterocycles. The van der Waals surface area contributed by atoms with Crippen LogP contribution in [0.1, 0.15) is 0 Å². The first kappa shape index (κ1) is 8.32. The predicted octanol–water partition coefficient (Wildman–Crippen LogP) is -0.986. The second-order valence-electron chi connectivity index (χ2n) is 2.20. The molecular weight excluding hydrogens is 145 g/mol. The lowest BCUT2D eigenvalue weighted by Crippen LogP contribution is -2.29. The molecule has 0 aromatic heterocycles. The Balaban J connectivity index is 2.53. The zero-order valence-corrected chi connectivity index (χ0v) is 6.19. The quantitative estimate of drug-likeness (QED) is 0.448. The maximum Gasteiger partial charge on any atom is 0.489 e. The first-order chi connectivity index (χ1) is 5.24. The molecule has 5 heteroatoms. The molecule has 1 atom stereocenters. The number of hydrogen-bond donors (Lipinski definition) is 3. The van der Waals surface area contributed by atoms with Gasteiger partial charge in [0.05, 0.1) is 0 Å². The maximum atomic E-state index is 8.69. The maximum absolute atomic E-state index is 8.69. The average molecular weight is 155 g/mol. The van der Waals surface area contributed by atoms with Crippen molar-refractivity contribution in [2.45, 2.75) is 6.23 Å². The van der Waals surface area contributed by atoms with Crippen LogP contribution in [-0.4, -0.2) is 30.5 Å². The van der Waals surface area contributed by atoms with E-state index in [4.69, 9.17) is 14.8 Å². The topological polar surface area (TPSA) is 61.7 Å². The Labute approximate surface area is 65.3 Å². The van der Waals surface area contributed by atoms with E-state index in [1.54, 1.807) is 19.3 Å². The Hall–Kier alpha value is -0.775. The van der Waals surface area contributed by atoms with Crippen molar-refractivity contribution in [1.29, 1.82) is 0 Å². The van der Waals surface area contributed by atoms with Crippen LogP contribution in [0.25, 0.3) is 0 Å². The third-order valence-corrected chi connectivity index (χ3v) is 1.43. The summed E-state index contributed by atoms with van der Waals surface area (Å²) in [5.74, 6) is 0. The van der Waals surface area contributed by atoms with Crippen molar-refractivity contribution in [1.82, 2.24) is 5.32 Å². The molecule has 0 spiro atoms. The summed E-state index contributed by atoms with van der Waals surface area (Å²) < 4.78 is 4.91. The van der Waals surface area contributed by atoms with Crippen molar-refractivity contribution in [2.24, 2.45) is 0 Å². The number of methoxy groups -OCH3 is 1. The van der Waals surface area contributed by atoms with Crippen LogP contribution < -0.4 is 5.32 Å². The molecule has 0 aromatic rings. The molecule has 3 N–H and O–H groups in total. The molecule has 1 aliphatic rings. The summed E-state index contributed by atoms with van der Waals surface area (Å²) >= 11 is 0. The molecule has 0 aromatic carbocycles. The number of rotatable bonds is 2. The average Bonchev–Trinajstić information content (AvgIpc) is 2.05. The van der Waals surface area contributed by atoms with Gasteiger partial charge >= 0.3 is 7.12 Å². The minimum absolute atomic E-state index is 0.169. The number of dihydropyridines is 1. The zero-order valence-electron chi connectivity index (χ0n) is 6.19. The normalized spacial score (nSPS) is 22.5. The molecule has 11 heavy (non-hydrogen) atoms. The van der Waals surface area contributed by atoms with Crippen LogP contribution in [0.2, 0.25) is 0 Å². The van der Waals surface area contributed by atoms with E-state index < -0.39 is 7.12 Å². The van der Waals surface area contributed by atoms with E-state index in [1.165, 1.54) is 6.20 Å². The van der Waals surface area contributed by atoms with Gasteiger partial charge in [-0.2, -0.15) is 0 Å². The first-order valence-electron chi connectivity index (χ1n) is 3.27. The lowest BCUT2D eigenvalue weighted by molar-refractivity contribution is 0.123. The second kappa shape index (κ2) is 3.57. The molecule has 0 unspecified atom stereocenters. The van der Waals surface area contributed by atoms with Gasteiger partial charge in [0.1, 0.15) is 6.23 Å². The lowest BCUT2D eigenvalue weighted by atomic mass is 9.79. The van der Waals surface area contributed by atoms with Crippen LogP contribution in [0, 0.1) is 0 Å². The zero-order chi connectivity index (χ0) is 8.27. The summed E-state index contributed by atoms with van der Waals surface area (Å²) in [7, 11) is 0.146. The van der Waals surface area contributed by atoms with Gasteiger partial charge in [0.2, 0.25) is 0 Å². The van der Waals surface area contributed by atoms with Gasteiger partial charge in [-0.25, -0.2) is 0 Å². The highest BCUT2D eigenvalue weighted by Gasteiger charge is 2.15. The van der Waals surface area contributed by atoms with E-state index in [1.807, 2.05) is 0 Å². The third-order valence-electron chi connectivity index (χ3n) is 1.43. The Morgan fingerprint density at radius 2 is 2.36 bits per heavy atom. The van der Waals surface area contributed by atoms with Gasteiger partial charge in [0.25, 0.3) is 0 Å². The highest BCUT2D eigenvalue weighted by molar-refractivity contribution is 6.51. The van der Waals surface area contributed by atoms with E-state index in [9.17, 15) is 0 Å². The fourth-order valence-electron chi connectivity index (χ4n) is 0.788. The first-order valence-corrected chi connectivity index (χ1v) is 3.27. The monoisotopic (exact) mass is 155 g/mol. The summed E-state index contributed by atoms with van der Waals surface area (Å²) in [6.45, 7) is 0. The largest absolute Gasteiger partial charge is 0.489 e. The van der Waals surface area contributed by atoms with E-state index in [0.29, 0.717) is 5.47 Å². The predicted molar refractivity (Wildman–Crippen MR) is 41.3 cm³/mol. The molecule has 0 amide bonds. The lowest BCUT2D eigenvalue weighted by Gasteiger charge is -2.16. The summed E-state index contributed by atoms with van der Waals surface area (Å²) in [5.41, 5.74) is 0.429. The van der Waals surface area contributed by atoms with E-state index in [0.717, 1.165) is 0 Å². The summed E-state index contributed by atoms with van der Waals surface area (Å²) in [6.07, 6.45) is 4.65. The second-order valence-corrected chi connectivity index (χ2v) is 2.20. The molecule has 0 saturated heterocycles. The van der Waals surface area contributed by atoms with Gasteiger partial charge in [0, 0.05) is 7.11 Å². The van der Waals surface area contributed by atoms with Crippen LogP contribution in [0.3, 0.4) is 0 Å². The van der Waals surface area contributed by atoms with Crippen LogP contribution in [0.5, 0.6) is 0 Å². The summed E-state index contributed by atoms with van der Waals surface area (Å²) in [5, 5.41) is 20.2. The molecule has 0 fully saturated rings. The Morgan fingerprint density at radius 1 is 1.64 bits per heavy atom. The molecule has 4 nitrogen and oxygen atoms in total. The molecular formula is C6H10BNO3. The highest BCUT2D eigenvalue weighted by Crippen LogP contribution is 2.04. The smallest absolute Gasteiger partial charge is 0.423 e. The SMILES string of the molecule is CO[C@@H]1C=CC(B(O)O)=CN1.